The van der Waals surface area contributed by atoms with E-state index in [0.717, 1.165) is 24.5 Å². The summed E-state index contributed by atoms with van der Waals surface area (Å²) in [5.41, 5.74) is 0. The molecule has 0 aliphatic rings. The number of benzene rings is 2. The van der Waals surface area contributed by atoms with Crippen LogP contribution in [0.5, 0.6) is 0 Å². The lowest BCUT2D eigenvalue weighted by Gasteiger charge is -1.94. The van der Waals surface area contributed by atoms with Gasteiger partial charge in [0.15, 0.2) is 0 Å². The van der Waals surface area contributed by atoms with Gasteiger partial charge in [-0.2, -0.15) is 0 Å². The van der Waals surface area contributed by atoms with Crippen molar-refractivity contribution >= 4 is 63.1 Å². The van der Waals surface area contributed by atoms with Crippen LogP contribution in [-0.4, -0.2) is 0 Å². The van der Waals surface area contributed by atoms with E-state index in [1.807, 2.05) is 42.5 Å². The predicted molar refractivity (Wildman–Crippen MR) is 89.1 cm³/mol. The van der Waals surface area contributed by atoms with Gasteiger partial charge in [0, 0.05) is 24.5 Å². The molecule has 2 rings (SSSR count). The van der Waals surface area contributed by atoms with E-state index < -0.39 is 0 Å². The first-order valence-corrected chi connectivity index (χ1v) is 6.91. The van der Waals surface area contributed by atoms with E-state index in [2.05, 4.69) is 63.1 Å². The zero-order valence-corrected chi connectivity index (χ0v) is 13.2. The minimum atomic E-state index is 0.896. The summed E-state index contributed by atoms with van der Waals surface area (Å²) in [5, 5.41) is 0. The standard InChI is InChI=1S/C6H6S3.C6H6S2/c7-4-1-5(8)3-6(9)2-4;7-5-2-1-3-6(8)4-5/h1-3,7-9H;1-4,7-8H. The topological polar surface area (TPSA) is 0 Å². The molecule has 0 atom stereocenters. The second-order valence-corrected chi connectivity index (χ2v) is 5.81. The van der Waals surface area contributed by atoms with Crippen molar-refractivity contribution < 1.29 is 0 Å². The Morgan fingerprint density at radius 1 is 0.471 bits per heavy atom. The molecular formula is C12H12S5. The number of thiol groups is 5. The summed E-state index contributed by atoms with van der Waals surface area (Å²) in [7, 11) is 0. The minimum absolute atomic E-state index is 0.896. The summed E-state index contributed by atoms with van der Waals surface area (Å²) < 4.78 is 0. The molecule has 0 bridgehead atoms. The molecule has 90 valence electrons. The molecule has 0 spiro atoms. The molecule has 0 aliphatic heterocycles. The molecule has 17 heavy (non-hydrogen) atoms. The van der Waals surface area contributed by atoms with Crippen LogP contribution in [0, 0.1) is 0 Å². The van der Waals surface area contributed by atoms with Gasteiger partial charge < -0.3 is 0 Å². The Labute approximate surface area is 129 Å². The van der Waals surface area contributed by atoms with Crippen molar-refractivity contribution in [2.45, 2.75) is 24.5 Å². The first-order chi connectivity index (χ1) is 7.97. The van der Waals surface area contributed by atoms with Gasteiger partial charge in [-0.15, -0.1) is 63.1 Å². The second kappa shape index (κ2) is 7.59. The monoisotopic (exact) mass is 316 g/mol. The highest BCUT2D eigenvalue weighted by molar-refractivity contribution is 7.82. The van der Waals surface area contributed by atoms with E-state index in [9.17, 15) is 0 Å². The Morgan fingerprint density at radius 3 is 1.00 bits per heavy atom. The maximum absolute atomic E-state index is 4.13. The Morgan fingerprint density at radius 2 is 0.765 bits per heavy atom. The van der Waals surface area contributed by atoms with Crippen molar-refractivity contribution in [2.75, 3.05) is 0 Å². The lowest BCUT2D eigenvalue weighted by atomic mass is 10.4. The van der Waals surface area contributed by atoms with Gasteiger partial charge in [0.2, 0.25) is 0 Å². The van der Waals surface area contributed by atoms with Gasteiger partial charge in [-0.05, 0) is 36.4 Å². The molecule has 0 saturated heterocycles. The summed E-state index contributed by atoms with van der Waals surface area (Å²) in [6.07, 6.45) is 0. The first kappa shape index (κ1) is 15.2. The summed E-state index contributed by atoms with van der Waals surface area (Å²) in [6.45, 7) is 0. The average Bonchev–Trinajstić information content (AvgIpc) is 2.15. The normalized spacial score (nSPS) is 9.47. The van der Waals surface area contributed by atoms with E-state index in [1.165, 1.54) is 0 Å². The van der Waals surface area contributed by atoms with Crippen LogP contribution in [0.25, 0.3) is 0 Å². The highest BCUT2D eigenvalue weighted by Gasteiger charge is 1.89. The fourth-order valence-electron chi connectivity index (χ4n) is 1.07. The third-order valence-electron chi connectivity index (χ3n) is 1.72. The quantitative estimate of drug-likeness (QED) is 0.423. The van der Waals surface area contributed by atoms with Crippen molar-refractivity contribution in [3.05, 3.63) is 42.5 Å². The molecule has 0 heterocycles. The molecule has 0 radical (unpaired) electrons. The molecular weight excluding hydrogens is 304 g/mol. The number of hydrogen-bond donors (Lipinski definition) is 5. The lowest BCUT2D eigenvalue weighted by molar-refractivity contribution is 1.25. The van der Waals surface area contributed by atoms with Gasteiger partial charge in [0.1, 0.15) is 0 Å². The fraction of sp³-hybridized carbons (Fsp3) is 0. The Hall–Kier alpha value is 0.190. The van der Waals surface area contributed by atoms with Crippen LogP contribution in [0.15, 0.2) is 66.9 Å². The van der Waals surface area contributed by atoms with Gasteiger partial charge >= 0.3 is 0 Å². The van der Waals surface area contributed by atoms with Crippen LogP contribution in [0.1, 0.15) is 0 Å². The Balaban J connectivity index is 0.000000171. The Kier molecular flexibility index (Phi) is 6.80. The van der Waals surface area contributed by atoms with Crippen LogP contribution in [0.3, 0.4) is 0 Å². The van der Waals surface area contributed by atoms with E-state index >= 15 is 0 Å². The minimum Gasteiger partial charge on any atom is -0.143 e. The van der Waals surface area contributed by atoms with Crippen molar-refractivity contribution in [1.29, 1.82) is 0 Å². The SMILES string of the molecule is Sc1cc(S)cc(S)c1.Sc1cccc(S)c1. The molecule has 0 fully saturated rings. The van der Waals surface area contributed by atoms with Crippen LogP contribution in [0.2, 0.25) is 0 Å². The van der Waals surface area contributed by atoms with Crippen molar-refractivity contribution in [1.82, 2.24) is 0 Å². The molecule has 2 aromatic rings. The van der Waals surface area contributed by atoms with E-state index in [4.69, 9.17) is 0 Å². The fourth-order valence-corrected chi connectivity index (χ4v) is 2.76. The molecule has 0 unspecified atom stereocenters. The van der Waals surface area contributed by atoms with Crippen molar-refractivity contribution in [2.24, 2.45) is 0 Å². The van der Waals surface area contributed by atoms with Crippen molar-refractivity contribution in [3.8, 4) is 0 Å². The molecule has 0 aliphatic carbocycles. The molecule has 2 aromatic carbocycles. The largest absolute Gasteiger partial charge is 0.143 e. The highest BCUT2D eigenvalue weighted by atomic mass is 32.1. The third-order valence-corrected chi connectivity index (χ3v) is 3.05. The molecule has 0 aromatic heterocycles. The summed E-state index contributed by atoms with van der Waals surface area (Å²) in [6, 6.07) is 13.3. The van der Waals surface area contributed by atoms with Gasteiger partial charge in [-0.25, -0.2) is 0 Å². The zero-order valence-electron chi connectivity index (χ0n) is 8.78. The lowest BCUT2D eigenvalue weighted by Crippen LogP contribution is -1.68. The average molecular weight is 317 g/mol. The highest BCUT2D eigenvalue weighted by Crippen LogP contribution is 2.18. The zero-order chi connectivity index (χ0) is 12.8. The van der Waals surface area contributed by atoms with Gasteiger partial charge in [0.25, 0.3) is 0 Å². The predicted octanol–water partition coefficient (Wildman–Crippen LogP) is 4.82. The summed E-state index contributed by atoms with van der Waals surface area (Å²) in [5.74, 6) is 0. The van der Waals surface area contributed by atoms with E-state index in [0.29, 0.717) is 0 Å². The smallest absolute Gasteiger partial charge is 0.00620 e. The van der Waals surface area contributed by atoms with Gasteiger partial charge in [-0.1, -0.05) is 6.07 Å². The van der Waals surface area contributed by atoms with Gasteiger partial charge in [-0.3, -0.25) is 0 Å². The van der Waals surface area contributed by atoms with Crippen molar-refractivity contribution in [3.63, 3.8) is 0 Å². The van der Waals surface area contributed by atoms with Crippen LogP contribution >= 0.6 is 63.1 Å². The molecule has 0 amide bonds. The Bertz CT molecular complexity index is 428. The van der Waals surface area contributed by atoms with E-state index in [-0.39, 0.29) is 0 Å². The molecule has 0 N–H and O–H groups in total. The maximum atomic E-state index is 4.13. The van der Waals surface area contributed by atoms with Gasteiger partial charge in [0.05, 0.1) is 0 Å². The molecule has 5 heteroatoms. The molecule has 0 saturated carbocycles. The van der Waals surface area contributed by atoms with Crippen LogP contribution < -0.4 is 0 Å². The maximum Gasteiger partial charge on any atom is 0.00620 e. The summed E-state index contributed by atoms with van der Waals surface area (Å²) in [4.78, 5) is 4.60. The summed E-state index contributed by atoms with van der Waals surface area (Å²) >= 11 is 20.6. The second-order valence-electron chi connectivity index (χ2n) is 3.23. The number of hydrogen-bond acceptors (Lipinski definition) is 5. The van der Waals surface area contributed by atoms with Crippen LogP contribution in [-0.2, 0) is 0 Å². The van der Waals surface area contributed by atoms with Crippen LogP contribution in [0.4, 0.5) is 0 Å². The van der Waals surface area contributed by atoms with E-state index in [1.54, 1.807) is 0 Å². The first-order valence-electron chi connectivity index (χ1n) is 4.67. The third kappa shape index (κ3) is 6.62. The molecule has 0 nitrogen and oxygen atoms in total. The number of rotatable bonds is 0.